The van der Waals surface area contributed by atoms with E-state index in [0.717, 1.165) is 49.7 Å². The van der Waals surface area contributed by atoms with Gasteiger partial charge in [0.2, 0.25) is 0 Å². The SMILES string of the molecule is CS(=O)[O-].NC(=O)c1cc(C2CC2)c(O[C@@H]2CCCN(c3cc(Cl)cc(Cl)c3)C2)cc1F. The summed E-state index contributed by atoms with van der Waals surface area (Å²) in [6, 6.07) is 8.33. The molecule has 0 bridgehead atoms. The standard InChI is InChI=1S/C21H21Cl2FN2O2.CH4O2S/c22-13-6-14(23)8-15(7-13)26-5-1-2-16(11-26)28-20-10-19(24)18(21(25)27)9-17(20)12-3-4-12;1-4(2)3/h6-10,12,16H,1-5,11H2,(H2,25,27);1H3,(H,2,3)/p-1/t16-;/m1./s1. The molecule has 1 unspecified atom stereocenters. The van der Waals surface area contributed by atoms with Crippen LogP contribution in [0.5, 0.6) is 5.75 Å². The van der Waals surface area contributed by atoms with Gasteiger partial charge >= 0.3 is 0 Å². The van der Waals surface area contributed by atoms with Crippen LogP contribution in [0.4, 0.5) is 10.1 Å². The molecule has 2 aromatic rings. The average Bonchev–Trinajstić information content (AvgIpc) is 3.52. The maximum Gasteiger partial charge on any atom is 0.251 e. The number of hydrogen-bond acceptors (Lipinski definition) is 5. The summed E-state index contributed by atoms with van der Waals surface area (Å²) in [5, 5.41) is 1.18. The van der Waals surface area contributed by atoms with Crippen LogP contribution in [0.2, 0.25) is 10.0 Å². The Kier molecular flexibility index (Phi) is 8.38. The van der Waals surface area contributed by atoms with Gasteiger partial charge in [-0.2, -0.15) is 0 Å². The largest absolute Gasteiger partial charge is 0.773 e. The second-order valence-electron chi connectivity index (χ2n) is 7.87. The lowest BCUT2D eigenvalue weighted by Crippen LogP contribution is -2.41. The molecule has 10 heteroatoms. The van der Waals surface area contributed by atoms with Crippen LogP contribution >= 0.6 is 23.2 Å². The zero-order valence-electron chi connectivity index (χ0n) is 17.5. The quantitative estimate of drug-likeness (QED) is 0.601. The Hall–Kier alpha value is -1.87. The third kappa shape index (κ3) is 6.81. The molecule has 1 heterocycles. The van der Waals surface area contributed by atoms with Gasteiger partial charge < -0.3 is 19.9 Å². The van der Waals surface area contributed by atoms with Gasteiger partial charge in [0.15, 0.2) is 0 Å². The summed E-state index contributed by atoms with van der Waals surface area (Å²) in [5.74, 6) is -0.574. The average molecular weight is 502 g/mol. The summed E-state index contributed by atoms with van der Waals surface area (Å²) in [7, 11) is 0. The number of hydrogen-bond donors (Lipinski definition) is 1. The van der Waals surface area contributed by atoms with Gasteiger partial charge in [-0.05, 0) is 67.7 Å². The summed E-state index contributed by atoms with van der Waals surface area (Å²) in [6.07, 6.45) is 4.82. The van der Waals surface area contributed by atoms with E-state index >= 15 is 0 Å². The lowest BCUT2D eigenvalue weighted by Gasteiger charge is -2.35. The van der Waals surface area contributed by atoms with Gasteiger partial charge in [-0.25, -0.2) is 4.39 Å². The van der Waals surface area contributed by atoms with E-state index in [0.29, 0.717) is 28.3 Å². The molecule has 0 aromatic heterocycles. The lowest BCUT2D eigenvalue weighted by molar-refractivity contribution is 0.0996. The van der Waals surface area contributed by atoms with E-state index in [1.807, 2.05) is 12.1 Å². The predicted octanol–water partition coefficient (Wildman–Crippen LogP) is 4.65. The third-order valence-corrected chi connectivity index (χ3v) is 5.70. The lowest BCUT2D eigenvalue weighted by atomic mass is 10.0. The van der Waals surface area contributed by atoms with Crippen LogP contribution in [0.3, 0.4) is 0 Å². The fourth-order valence-corrected chi connectivity index (χ4v) is 4.26. The number of rotatable bonds is 5. The Morgan fingerprint density at radius 1 is 1.19 bits per heavy atom. The number of piperidine rings is 1. The van der Waals surface area contributed by atoms with Crippen LogP contribution in [0.1, 0.15) is 47.5 Å². The molecule has 1 amide bonds. The summed E-state index contributed by atoms with van der Waals surface area (Å²) in [4.78, 5) is 13.7. The highest BCUT2D eigenvalue weighted by Crippen LogP contribution is 2.45. The number of ether oxygens (including phenoxy) is 1. The molecule has 0 spiro atoms. The highest BCUT2D eigenvalue weighted by Gasteiger charge is 2.31. The zero-order valence-corrected chi connectivity index (χ0v) is 19.8. The second kappa shape index (κ2) is 10.8. The molecule has 1 saturated heterocycles. The fraction of sp³-hybridized carbons (Fsp3) is 0.409. The maximum atomic E-state index is 14.3. The molecule has 0 radical (unpaired) electrons. The molecule has 2 aromatic carbocycles. The third-order valence-electron chi connectivity index (χ3n) is 5.27. The first-order valence-corrected chi connectivity index (χ1v) is 12.4. The van der Waals surface area contributed by atoms with Crippen molar-refractivity contribution in [2.45, 2.75) is 37.7 Å². The number of primary amides is 1. The molecular weight excluding hydrogens is 478 g/mol. The van der Waals surface area contributed by atoms with Crippen LogP contribution in [-0.2, 0) is 11.1 Å². The Labute approximate surface area is 199 Å². The number of nitrogens with zero attached hydrogens (tertiary/aromatic N) is 1. The summed E-state index contributed by atoms with van der Waals surface area (Å²) in [5.41, 5.74) is 7.04. The number of benzene rings is 2. The second-order valence-corrected chi connectivity index (χ2v) is 9.54. The number of carbonyl (C=O) groups is 1. The van der Waals surface area contributed by atoms with Gasteiger partial charge in [-0.3, -0.25) is 9.00 Å². The monoisotopic (exact) mass is 501 g/mol. The van der Waals surface area contributed by atoms with E-state index in [1.165, 1.54) is 6.07 Å². The Morgan fingerprint density at radius 2 is 1.81 bits per heavy atom. The van der Waals surface area contributed by atoms with Gasteiger partial charge in [-0.15, -0.1) is 0 Å². The first kappa shape index (κ1) is 24.8. The van der Waals surface area contributed by atoms with Crippen molar-refractivity contribution in [1.82, 2.24) is 0 Å². The van der Waals surface area contributed by atoms with Crippen LogP contribution in [0.15, 0.2) is 30.3 Å². The van der Waals surface area contributed by atoms with Gasteiger partial charge in [0.1, 0.15) is 17.7 Å². The minimum absolute atomic E-state index is 0.0758. The minimum atomic E-state index is -1.86. The number of carbonyl (C=O) groups excluding carboxylic acids is 1. The molecule has 2 N–H and O–H groups in total. The first-order valence-electron chi connectivity index (χ1n) is 10.2. The molecule has 32 heavy (non-hydrogen) atoms. The summed E-state index contributed by atoms with van der Waals surface area (Å²) < 4.78 is 38.5. The molecule has 4 rings (SSSR count). The van der Waals surface area contributed by atoms with E-state index in [9.17, 15) is 9.18 Å². The highest BCUT2D eigenvalue weighted by molar-refractivity contribution is 7.78. The number of amides is 1. The zero-order chi connectivity index (χ0) is 23.4. The number of nitrogens with two attached hydrogens (primary N) is 1. The summed E-state index contributed by atoms with van der Waals surface area (Å²) in [6.45, 7) is 1.53. The van der Waals surface area contributed by atoms with E-state index in [1.54, 1.807) is 12.1 Å². The topological polar surface area (TPSA) is 95.7 Å². The van der Waals surface area contributed by atoms with E-state index in [-0.39, 0.29) is 11.7 Å². The van der Waals surface area contributed by atoms with Crippen molar-refractivity contribution < 1.29 is 22.7 Å². The van der Waals surface area contributed by atoms with Crippen molar-refractivity contribution in [1.29, 1.82) is 0 Å². The van der Waals surface area contributed by atoms with Crippen LogP contribution in [0, 0.1) is 5.82 Å². The van der Waals surface area contributed by atoms with Crippen LogP contribution < -0.4 is 15.4 Å². The molecule has 174 valence electrons. The molecule has 1 aliphatic carbocycles. The molecular formula is C22H24Cl2FN2O4S-. The molecule has 2 aliphatic rings. The molecule has 6 nitrogen and oxygen atoms in total. The minimum Gasteiger partial charge on any atom is -0.773 e. The van der Waals surface area contributed by atoms with Crippen LogP contribution in [0.25, 0.3) is 0 Å². The van der Waals surface area contributed by atoms with Crippen molar-refractivity contribution >= 4 is 45.9 Å². The number of anilines is 1. The molecule has 1 saturated carbocycles. The van der Waals surface area contributed by atoms with E-state index < -0.39 is 22.8 Å². The maximum absolute atomic E-state index is 14.3. The molecule has 1 aliphatic heterocycles. The Morgan fingerprint density at radius 3 is 2.38 bits per heavy atom. The highest BCUT2D eigenvalue weighted by atomic mass is 35.5. The smallest absolute Gasteiger partial charge is 0.251 e. The van der Waals surface area contributed by atoms with E-state index in [2.05, 4.69) is 4.90 Å². The molecule has 2 fully saturated rings. The van der Waals surface area contributed by atoms with Crippen molar-refractivity contribution in [3.8, 4) is 5.75 Å². The summed E-state index contributed by atoms with van der Waals surface area (Å²) >= 11 is 10.4. The fourth-order valence-electron chi connectivity index (χ4n) is 3.75. The van der Waals surface area contributed by atoms with Gasteiger partial charge in [0, 0.05) is 28.3 Å². The van der Waals surface area contributed by atoms with E-state index in [4.69, 9.17) is 42.4 Å². The Bertz CT molecular complexity index is 995. The normalized spacial score (nSPS) is 19.0. The van der Waals surface area contributed by atoms with Gasteiger partial charge in [0.25, 0.3) is 5.91 Å². The molecule has 2 atom stereocenters. The van der Waals surface area contributed by atoms with Crippen LogP contribution in [-0.4, -0.2) is 40.1 Å². The van der Waals surface area contributed by atoms with Gasteiger partial charge in [0.05, 0.1) is 12.1 Å². The Balaban J connectivity index is 0.000000668. The predicted molar refractivity (Wildman–Crippen MR) is 124 cm³/mol. The first-order chi connectivity index (χ1) is 15.1. The van der Waals surface area contributed by atoms with Crippen molar-refractivity contribution in [3.05, 3.63) is 57.3 Å². The van der Waals surface area contributed by atoms with Crippen molar-refractivity contribution in [2.24, 2.45) is 5.73 Å². The van der Waals surface area contributed by atoms with Crippen molar-refractivity contribution in [2.75, 3.05) is 24.2 Å². The number of halogens is 3. The van der Waals surface area contributed by atoms with Gasteiger partial charge in [-0.1, -0.05) is 34.3 Å². The van der Waals surface area contributed by atoms with Crippen molar-refractivity contribution in [3.63, 3.8) is 0 Å².